The van der Waals surface area contributed by atoms with Gasteiger partial charge in [-0.15, -0.1) is 0 Å². The van der Waals surface area contributed by atoms with E-state index >= 15 is 0 Å². The largest absolute Gasteiger partial charge is 2.00 e. The third kappa shape index (κ3) is 7.48. The zero-order chi connectivity index (χ0) is 29.8. The Hall–Kier alpha value is -2.48. The van der Waals surface area contributed by atoms with Gasteiger partial charge in [0, 0.05) is 12.3 Å². The second-order valence-electron chi connectivity index (χ2n) is 10.3. The first-order chi connectivity index (χ1) is 20.9. The summed E-state index contributed by atoms with van der Waals surface area (Å²) < 4.78 is 44.5. The smallest absolute Gasteiger partial charge is 0.508 e. The number of hydrogen-bond acceptors (Lipinski definition) is 6. The number of benzene rings is 3. The number of phenols is 1. The van der Waals surface area contributed by atoms with Crippen molar-refractivity contribution < 1.29 is 44.2 Å². The van der Waals surface area contributed by atoms with Crippen molar-refractivity contribution in [2.75, 3.05) is 6.61 Å². The van der Waals surface area contributed by atoms with Gasteiger partial charge in [0.05, 0.1) is 17.7 Å². The predicted octanol–water partition coefficient (Wildman–Crippen LogP) is 6.71. The summed E-state index contributed by atoms with van der Waals surface area (Å²) in [5.74, 6) is 2.03. The Bertz CT molecular complexity index is 1520. The molecule has 2 aliphatic heterocycles. The van der Waals surface area contributed by atoms with Gasteiger partial charge in [-0.3, -0.25) is 0 Å². The average Bonchev–Trinajstić information content (AvgIpc) is 3.84. The Morgan fingerprint density at radius 2 is 1.39 bits per heavy atom. The minimum atomic E-state index is -4.07. The number of rotatable bonds is 8. The molecule has 2 aliphatic carbocycles. The molecular formula is C35H29ClFeO6S+2. The van der Waals surface area contributed by atoms with Crippen molar-refractivity contribution in [2.24, 2.45) is 0 Å². The number of para-hydroxylation sites is 1. The van der Waals surface area contributed by atoms with Gasteiger partial charge in [-0.1, -0.05) is 48.0 Å². The number of phenolic OH excluding ortho intramolecular Hbond substituents is 1. The van der Waals surface area contributed by atoms with Crippen LogP contribution in [0.2, 0.25) is 5.02 Å². The maximum Gasteiger partial charge on any atom is 2.00 e. The van der Waals surface area contributed by atoms with E-state index in [2.05, 4.69) is 0 Å². The van der Waals surface area contributed by atoms with Crippen molar-refractivity contribution in [3.8, 4) is 17.2 Å². The molecule has 44 heavy (non-hydrogen) atoms. The molecule has 3 fully saturated rings. The molecule has 0 unspecified atom stereocenters. The van der Waals surface area contributed by atoms with Gasteiger partial charge >= 0.3 is 27.2 Å². The van der Waals surface area contributed by atoms with Gasteiger partial charge in [0.2, 0.25) is 0 Å². The van der Waals surface area contributed by atoms with Crippen molar-refractivity contribution in [2.45, 2.75) is 23.9 Å². The summed E-state index contributed by atoms with van der Waals surface area (Å²) in [6.07, 6.45) is 17.0. The van der Waals surface area contributed by atoms with Crippen LogP contribution in [0.5, 0.6) is 17.2 Å². The molecular weight excluding hydrogens is 640 g/mol. The molecule has 4 aliphatic rings. The molecule has 6 nitrogen and oxygen atoms in total. The number of fused-ring (bicyclic) bond motifs is 2. The molecule has 0 spiro atoms. The monoisotopic (exact) mass is 668 g/mol. The maximum atomic E-state index is 13.4. The molecule has 2 bridgehead atoms. The first kappa shape index (κ1) is 32.9. The minimum absolute atomic E-state index is 0. The van der Waals surface area contributed by atoms with Crippen molar-refractivity contribution in [3.05, 3.63) is 153 Å². The fourth-order valence-corrected chi connectivity index (χ4v) is 7.07. The van der Waals surface area contributed by atoms with Crippen LogP contribution in [-0.4, -0.2) is 37.6 Å². The first-order valence-corrected chi connectivity index (χ1v) is 15.7. The Balaban J connectivity index is 0.000000584. The molecule has 3 aromatic carbocycles. The summed E-state index contributed by atoms with van der Waals surface area (Å²) in [4.78, 5) is 0. The molecule has 10 radical (unpaired) electrons. The normalized spacial score (nSPS) is 22.8. The third-order valence-corrected chi connectivity index (χ3v) is 9.35. The van der Waals surface area contributed by atoms with Crippen LogP contribution in [0, 0.1) is 63.7 Å². The van der Waals surface area contributed by atoms with E-state index < -0.39 is 27.6 Å². The Kier molecular flexibility index (Phi) is 11.0. The van der Waals surface area contributed by atoms with Gasteiger partial charge in [0.25, 0.3) is 0 Å². The van der Waals surface area contributed by atoms with Gasteiger partial charge < -0.3 is 18.8 Å². The van der Waals surface area contributed by atoms with Crippen molar-refractivity contribution in [1.29, 1.82) is 0 Å². The van der Waals surface area contributed by atoms with Crippen LogP contribution < -0.4 is 8.92 Å². The second-order valence-corrected chi connectivity index (χ2v) is 12.4. The van der Waals surface area contributed by atoms with E-state index in [1.807, 2.05) is 94.2 Å². The van der Waals surface area contributed by atoms with E-state index in [4.69, 9.17) is 25.3 Å². The topological polar surface area (TPSA) is 82.1 Å². The standard InChI is InChI=1S/C30H24ClO6S.C5H5.Fe/c31-24-7-3-4-8-25(24)37-38(33,34)27-17-26-28(20-9-13-22(32)14-10-20)29(30(27)36-26)21-11-15-23(16-12-21)35-18-19-5-1-2-6-19;1-2-4-5-3-1;/h1-16,26-27,30,32H,17-18H2;1-5H;/q;;+2/t26-,27+,30+;;/m1../s1. The molecule has 3 atom stereocenters. The Morgan fingerprint density at radius 3 is 2.02 bits per heavy atom. The second kappa shape index (κ2) is 14.7. The van der Waals surface area contributed by atoms with Crippen LogP contribution in [0.25, 0.3) is 11.1 Å². The van der Waals surface area contributed by atoms with E-state index in [1.165, 1.54) is 6.07 Å². The van der Waals surface area contributed by atoms with Crippen LogP contribution in [0.15, 0.2) is 72.8 Å². The zero-order valence-electron chi connectivity index (χ0n) is 23.4. The fraction of sp³-hybridized carbons (Fsp3) is 0.143. The SMILES string of the molecule is O=S(=O)(Oc1ccccc1Cl)[C@H]1C[C@H]2O[C@@H]1C(c1ccc(OC[C]3[CH][CH][CH][CH]3)cc1)=C2c1ccc(O)cc1.[CH]1[CH][CH][CH][CH]1.[Fe+2]. The summed E-state index contributed by atoms with van der Waals surface area (Å²) in [5.41, 5.74) is 3.39. The van der Waals surface area contributed by atoms with E-state index in [0.29, 0.717) is 12.4 Å². The molecule has 1 N–H and O–H groups in total. The summed E-state index contributed by atoms with van der Waals surface area (Å²) in [6, 6.07) is 20.9. The van der Waals surface area contributed by atoms with Gasteiger partial charge in [0.15, 0.2) is 5.75 Å². The number of halogens is 1. The Morgan fingerprint density at radius 1 is 0.795 bits per heavy atom. The number of hydrogen-bond donors (Lipinski definition) is 1. The number of aromatic hydroxyl groups is 1. The quantitative estimate of drug-likeness (QED) is 0.212. The van der Waals surface area contributed by atoms with Gasteiger partial charge in [-0.05, 0) is 116 Å². The summed E-state index contributed by atoms with van der Waals surface area (Å²) in [5, 5.41) is 9.12. The van der Waals surface area contributed by atoms with Crippen LogP contribution in [-0.2, 0) is 31.9 Å². The summed E-state index contributed by atoms with van der Waals surface area (Å²) in [7, 11) is -4.07. The number of ether oxygens (including phenoxy) is 2. The third-order valence-electron chi connectivity index (χ3n) is 7.44. The molecule has 224 valence electrons. The van der Waals surface area contributed by atoms with Crippen LogP contribution in [0.4, 0.5) is 0 Å². The minimum Gasteiger partial charge on any atom is -0.508 e. The van der Waals surface area contributed by atoms with Crippen LogP contribution in [0.1, 0.15) is 17.5 Å². The summed E-state index contributed by atoms with van der Waals surface area (Å²) >= 11 is 6.17. The molecule has 7 rings (SSSR count). The molecule has 1 saturated heterocycles. The Labute approximate surface area is 276 Å². The first-order valence-electron chi connectivity index (χ1n) is 13.9. The van der Waals surface area contributed by atoms with Crippen molar-refractivity contribution in [1.82, 2.24) is 0 Å². The van der Waals surface area contributed by atoms with E-state index in [-0.39, 0.29) is 40.0 Å². The van der Waals surface area contributed by atoms with Crippen LogP contribution in [0.3, 0.4) is 0 Å². The van der Waals surface area contributed by atoms with Crippen molar-refractivity contribution >= 4 is 32.9 Å². The average molecular weight is 669 g/mol. The van der Waals surface area contributed by atoms with E-state index in [1.54, 1.807) is 30.3 Å². The van der Waals surface area contributed by atoms with Gasteiger partial charge in [-0.25, -0.2) is 0 Å². The van der Waals surface area contributed by atoms with Gasteiger partial charge in [-0.2, -0.15) is 8.42 Å². The molecule has 0 amide bonds. The zero-order valence-corrected chi connectivity index (χ0v) is 26.1. The van der Waals surface area contributed by atoms with Crippen molar-refractivity contribution in [3.63, 3.8) is 0 Å². The summed E-state index contributed by atoms with van der Waals surface area (Å²) in [6.45, 7) is 0.460. The van der Waals surface area contributed by atoms with E-state index in [9.17, 15) is 13.5 Å². The molecule has 9 heteroatoms. The predicted molar refractivity (Wildman–Crippen MR) is 167 cm³/mol. The molecule has 2 saturated carbocycles. The molecule has 2 heterocycles. The van der Waals surface area contributed by atoms with Crippen LogP contribution >= 0.6 is 11.6 Å². The maximum absolute atomic E-state index is 13.4. The fourth-order valence-electron chi connectivity index (χ4n) is 5.42. The molecule has 3 aromatic rings. The van der Waals surface area contributed by atoms with E-state index in [0.717, 1.165) is 28.2 Å². The van der Waals surface area contributed by atoms with Gasteiger partial charge in [0.1, 0.15) is 22.9 Å². The molecule has 0 aromatic heterocycles.